The number of hydrogen-bond acceptors (Lipinski definition) is 15. The van der Waals surface area contributed by atoms with Crippen LogP contribution in [-0.2, 0) is 19.1 Å². The number of carboxylic acids is 1. The molecule has 17 nitrogen and oxygen atoms in total. The number of hydrogen-bond donors (Lipinski definition) is 5. The highest BCUT2D eigenvalue weighted by atomic mass is 79.9. The van der Waals surface area contributed by atoms with E-state index in [0.29, 0.717) is 71.5 Å². The first-order chi connectivity index (χ1) is 39.6. The molecule has 482 valence electrons. The van der Waals surface area contributed by atoms with Crippen LogP contribution in [0.4, 0.5) is 0 Å². The van der Waals surface area contributed by atoms with Gasteiger partial charge in [-0.25, -0.2) is 19.7 Å². The predicted molar refractivity (Wildman–Crippen MR) is 361 cm³/mol. The molecule has 9 rings (SSSR count). The Bertz CT molecular complexity index is 3520. The van der Waals surface area contributed by atoms with Gasteiger partial charge in [-0.05, 0) is 134 Å². The number of nitrogens with zero attached hydrogens (tertiary/aromatic N) is 3. The number of oxazole rings is 3. The Hall–Kier alpha value is -7.84. The third-order valence-corrected chi connectivity index (χ3v) is 13.6. The van der Waals surface area contributed by atoms with Crippen LogP contribution in [0.1, 0.15) is 118 Å². The summed E-state index contributed by atoms with van der Waals surface area (Å²) in [5, 5.41) is 39.5. The second kappa shape index (κ2) is 39.9. The molecular weight excluding hydrogens is 1310 g/mol. The Balaban J connectivity index is 0. The fourth-order valence-electron chi connectivity index (χ4n) is 6.48. The van der Waals surface area contributed by atoms with Crippen molar-refractivity contribution >= 4 is 97.6 Å². The van der Waals surface area contributed by atoms with Crippen LogP contribution in [0.2, 0.25) is 20.1 Å². The average molecular weight is 1390 g/mol. The highest BCUT2D eigenvalue weighted by Gasteiger charge is 2.25. The molecule has 0 bridgehead atoms. The minimum atomic E-state index is -1.15. The third kappa shape index (κ3) is 25.7. The van der Waals surface area contributed by atoms with Gasteiger partial charge in [0.1, 0.15) is 50.9 Å². The van der Waals surface area contributed by atoms with Gasteiger partial charge in [-0.1, -0.05) is 160 Å². The van der Waals surface area contributed by atoms with Gasteiger partial charge in [-0.3, -0.25) is 14.4 Å². The number of ketones is 1. The third-order valence-electron chi connectivity index (χ3n) is 11.5. The summed E-state index contributed by atoms with van der Waals surface area (Å²) in [5.74, 6) is 1.66. The fourth-order valence-corrected chi connectivity index (χ4v) is 7.66. The first-order valence-electron chi connectivity index (χ1n) is 24.9. The summed E-state index contributed by atoms with van der Waals surface area (Å²) in [6, 6.07) is 36.7. The number of carbonyl (C=O) groups is 4. The van der Waals surface area contributed by atoms with E-state index in [2.05, 4.69) is 35.6 Å². The Morgan fingerprint density at radius 2 is 0.876 bits per heavy atom. The van der Waals surface area contributed by atoms with E-state index in [1.165, 1.54) is 44.4 Å². The summed E-state index contributed by atoms with van der Waals surface area (Å²) in [6.45, 7) is 14.1. The van der Waals surface area contributed by atoms with Crippen LogP contribution in [0.15, 0.2) is 147 Å². The van der Waals surface area contributed by atoms with Crippen molar-refractivity contribution in [2.45, 2.75) is 109 Å². The van der Waals surface area contributed by atoms with E-state index in [1.807, 2.05) is 71.0 Å². The highest BCUT2D eigenvalue weighted by Crippen LogP contribution is 2.37. The summed E-state index contributed by atoms with van der Waals surface area (Å²) in [5.41, 5.74) is 10.3. The number of rotatable bonds is 11. The van der Waals surface area contributed by atoms with Crippen LogP contribution in [-0.4, -0.2) is 71.5 Å². The van der Waals surface area contributed by atoms with Gasteiger partial charge in [0.15, 0.2) is 0 Å². The van der Waals surface area contributed by atoms with Gasteiger partial charge in [0.05, 0.1) is 51.8 Å². The molecule has 3 unspecified atom stereocenters. The molecule has 0 spiro atoms. The number of ether oxygens (including phenoxy) is 2. The Labute approximate surface area is 554 Å². The number of amides is 1. The first-order valence-corrected chi connectivity index (χ1v) is 27.7. The van der Waals surface area contributed by atoms with Crippen molar-refractivity contribution in [2.75, 3.05) is 7.11 Å². The number of methoxy groups -OCH3 is 1. The minimum Gasteiger partial charge on any atom is -0.507 e. The van der Waals surface area contributed by atoms with Crippen molar-refractivity contribution in [2.24, 2.45) is 5.73 Å². The van der Waals surface area contributed by atoms with Crippen molar-refractivity contribution in [3.63, 3.8) is 0 Å². The molecule has 1 amide bonds. The van der Waals surface area contributed by atoms with E-state index in [1.54, 1.807) is 80.6 Å². The van der Waals surface area contributed by atoms with E-state index in [-0.39, 0.29) is 81.9 Å². The molecule has 0 fully saturated rings. The van der Waals surface area contributed by atoms with Crippen LogP contribution in [0.5, 0.6) is 23.0 Å². The van der Waals surface area contributed by atoms with Crippen LogP contribution in [0.3, 0.4) is 0 Å². The number of carboxylic acid groups (broad SMARTS) is 1. The predicted octanol–water partition coefficient (Wildman–Crippen LogP) is 19.3. The van der Waals surface area contributed by atoms with Gasteiger partial charge in [0.25, 0.3) is 5.91 Å². The molecule has 3 atom stereocenters. The standard InChI is InChI=1S/C19H16ClNO4.2C11H10ClNO2.C9H9BrO2.C7H6ClNO2.C4H7ClO.5CH4/c1-11-12(2)24-18(21-11)15-10-14(20)8-9-16(15)25-17(19(22)23)13-6-4-3-5-7-13;2*1-6-7(2)15-11(13-6)9-5-8(12)3-4-10(9)14;1-12-9(11)8(10)7-5-3-2-4-6-7;8-4-1-2-6(10)5(3-4)7(9)11;1-3(5)4(2)6;;;;;/h3-10,17H,1-2H3,(H,22,23);2*3-5,14H,1-2H3;2-6,8H,1H3;1-3,10H,(H2,9,11);3H,1-2H3;5*1H4. The molecule has 9 aromatic rings. The van der Waals surface area contributed by atoms with Gasteiger partial charge in [0, 0.05) is 25.7 Å². The maximum absolute atomic E-state index is 11.7. The molecule has 0 aliphatic carbocycles. The van der Waals surface area contributed by atoms with E-state index >= 15 is 0 Å². The van der Waals surface area contributed by atoms with Gasteiger partial charge in [-0.2, -0.15) is 0 Å². The van der Waals surface area contributed by atoms with Crippen molar-refractivity contribution in [1.82, 2.24) is 15.0 Å². The number of primary amides is 1. The van der Waals surface area contributed by atoms with E-state index in [9.17, 15) is 34.5 Å². The molecule has 0 aliphatic heterocycles. The number of esters is 1. The molecule has 0 saturated carbocycles. The summed E-state index contributed by atoms with van der Waals surface area (Å²) < 4.78 is 26.8. The zero-order valence-electron chi connectivity index (χ0n) is 46.6. The Kier molecular flexibility index (Phi) is 37.3. The maximum Gasteiger partial charge on any atom is 0.349 e. The van der Waals surface area contributed by atoms with E-state index < -0.39 is 18.0 Å². The first kappa shape index (κ1) is 83.2. The van der Waals surface area contributed by atoms with Crippen LogP contribution in [0.25, 0.3) is 34.4 Å². The summed E-state index contributed by atoms with van der Waals surface area (Å²) in [7, 11) is 1.37. The zero-order chi connectivity index (χ0) is 62.5. The normalized spacial score (nSPS) is 10.7. The second-order valence-electron chi connectivity index (χ2n) is 17.7. The van der Waals surface area contributed by atoms with Crippen molar-refractivity contribution in [1.29, 1.82) is 0 Å². The summed E-state index contributed by atoms with van der Waals surface area (Å²) in [4.78, 5) is 55.7. The second-order valence-corrected chi connectivity index (χ2v) is 21.1. The van der Waals surface area contributed by atoms with Gasteiger partial charge < -0.3 is 48.9 Å². The summed E-state index contributed by atoms with van der Waals surface area (Å²) in [6.07, 6.45) is -1.15. The average Bonchev–Trinajstić information content (AvgIpc) is 3.16. The fraction of sp³-hybridized carbons (Fsp3) is 0.258. The number of nitrogens with two attached hydrogens (primary N) is 1. The molecule has 89 heavy (non-hydrogen) atoms. The number of aromatic hydroxyl groups is 3. The lowest BCUT2D eigenvalue weighted by Crippen LogP contribution is -2.18. The largest absolute Gasteiger partial charge is 0.507 e. The molecular formula is C66H78BrCl5N4O13. The zero-order valence-corrected chi connectivity index (χ0v) is 51.9. The number of aliphatic carboxylic acids is 1. The Morgan fingerprint density at radius 1 is 0.539 bits per heavy atom. The van der Waals surface area contributed by atoms with Crippen LogP contribution < -0.4 is 10.5 Å². The molecule has 6 N–H and O–H groups in total. The lowest BCUT2D eigenvalue weighted by Gasteiger charge is -2.17. The number of halogens is 6. The number of benzene rings is 6. The monoisotopic (exact) mass is 1390 g/mol. The van der Waals surface area contributed by atoms with Gasteiger partial charge in [0.2, 0.25) is 23.8 Å². The molecule has 0 aliphatic rings. The van der Waals surface area contributed by atoms with Gasteiger partial charge >= 0.3 is 11.9 Å². The van der Waals surface area contributed by atoms with E-state index in [4.69, 9.17) is 86.8 Å². The molecule has 6 aromatic carbocycles. The molecule has 23 heteroatoms. The van der Waals surface area contributed by atoms with Crippen LogP contribution in [0, 0.1) is 41.5 Å². The molecule has 0 saturated heterocycles. The topological polar surface area (TPSA) is 272 Å². The smallest absolute Gasteiger partial charge is 0.349 e. The van der Waals surface area contributed by atoms with Crippen molar-refractivity contribution in [3.8, 4) is 57.4 Å². The summed E-state index contributed by atoms with van der Waals surface area (Å²) >= 11 is 31.8. The number of phenols is 3. The number of carbonyl (C=O) groups excluding carboxylic acids is 3. The number of Topliss-reactive ketones (excluding diaryl/α,β-unsaturated/α-hetero) is 1. The highest BCUT2D eigenvalue weighted by molar-refractivity contribution is 9.09. The lowest BCUT2D eigenvalue weighted by atomic mass is 10.1. The van der Waals surface area contributed by atoms with Crippen molar-refractivity contribution in [3.05, 3.63) is 205 Å². The van der Waals surface area contributed by atoms with Crippen LogP contribution >= 0.6 is 73.9 Å². The molecule has 3 aromatic heterocycles. The quantitative estimate of drug-likeness (QED) is 0.0595. The number of aryl methyl sites for hydroxylation is 6. The number of alkyl halides is 2. The van der Waals surface area contributed by atoms with Crippen molar-refractivity contribution < 1.29 is 62.3 Å². The Morgan fingerprint density at radius 3 is 1.20 bits per heavy atom. The molecule has 3 heterocycles. The van der Waals surface area contributed by atoms with E-state index in [0.717, 1.165) is 34.2 Å². The van der Waals surface area contributed by atoms with Gasteiger partial charge in [-0.15, -0.1) is 11.6 Å². The molecule has 0 radical (unpaired) electrons. The number of aromatic nitrogens is 3. The maximum atomic E-state index is 11.7. The SMILES string of the molecule is C.C.C.C.C.CC(=O)C(C)Cl.COC(=O)C(Br)c1ccccc1.Cc1nc(-c2cc(Cl)ccc2O)oc1C.Cc1nc(-c2cc(Cl)ccc2O)oc1C.Cc1nc(-c2cc(Cl)ccc2OC(C(=O)O)c2ccccc2)oc1C.NC(=O)c1cc(Cl)ccc1O. The lowest BCUT2D eigenvalue weighted by molar-refractivity contribution is -0.145. The minimum absolute atomic E-state index is 0. The number of phenolic OH excluding ortho intramolecular Hbond substituents is 2.